The number of fused-ring (bicyclic) bond motifs is 1. The smallest absolute Gasteiger partial charge is 0.229 e. The third-order valence-electron chi connectivity index (χ3n) is 7.06. The number of ether oxygens (including phenoxy) is 1. The Morgan fingerprint density at radius 3 is 2.59 bits per heavy atom. The Balaban J connectivity index is 1.34. The fraction of sp³-hybridized carbons (Fsp3) is 0.444. The zero-order chi connectivity index (χ0) is 25.9. The van der Waals surface area contributed by atoms with Gasteiger partial charge in [0.25, 0.3) is 0 Å². The quantitative estimate of drug-likeness (QED) is 0.470. The number of hydrogen-bond acceptors (Lipinski definition) is 8. The first-order chi connectivity index (χ1) is 17.9. The van der Waals surface area contributed by atoms with Crippen LogP contribution in [-0.2, 0) is 0 Å². The van der Waals surface area contributed by atoms with Crippen LogP contribution in [0.15, 0.2) is 36.7 Å². The molecule has 2 aliphatic rings. The molecular formula is C27H32F2N6O2. The van der Waals surface area contributed by atoms with Crippen LogP contribution in [0.3, 0.4) is 0 Å². The third kappa shape index (κ3) is 5.44. The number of anilines is 4. The van der Waals surface area contributed by atoms with E-state index in [1.54, 1.807) is 12.3 Å². The second-order valence-corrected chi connectivity index (χ2v) is 9.80. The molecule has 0 bridgehead atoms. The highest BCUT2D eigenvalue weighted by Gasteiger charge is 2.26. The van der Waals surface area contributed by atoms with Gasteiger partial charge in [-0.2, -0.15) is 0 Å². The molecule has 0 aliphatic carbocycles. The molecule has 2 aliphatic heterocycles. The normalized spacial score (nSPS) is 16.1. The molecule has 1 aromatic carbocycles. The summed E-state index contributed by atoms with van der Waals surface area (Å²) in [6.07, 6.45) is 5.83. The summed E-state index contributed by atoms with van der Waals surface area (Å²) in [4.78, 5) is 17.2. The minimum absolute atomic E-state index is 0.00384. The highest BCUT2D eigenvalue weighted by atomic mass is 19.1. The van der Waals surface area contributed by atoms with Gasteiger partial charge in [-0.25, -0.2) is 23.7 Å². The molecule has 0 unspecified atom stereocenters. The van der Waals surface area contributed by atoms with Crippen LogP contribution >= 0.6 is 0 Å². The Bertz CT molecular complexity index is 1230. The van der Waals surface area contributed by atoms with Gasteiger partial charge in [-0.3, -0.25) is 0 Å². The predicted molar refractivity (Wildman–Crippen MR) is 140 cm³/mol. The molecule has 10 heteroatoms. The lowest BCUT2D eigenvalue weighted by molar-refractivity contribution is 0.240. The van der Waals surface area contributed by atoms with Crippen LogP contribution in [0.4, 0.5) is 31.9 Å². The first kappa shape index (κ1) is 25.1. The first-order valence-corrected chi connectivity index (χ1v) is 12.8. The first-order valence-electron chi connectivity index (χ1n) is 12.8. The SMILES string of the molecule is CC(C)N1CCOc2c(F)cc(-c3nc(Nc4ccc(N5CCC(CCO)CC5)cn4)ncc3F)cc21. The molecule has 196 valence electrons. The number of benzene rings is 1. The summed E-state index contributed by atoms with van der Waals surface area (Å²) in [5.41, 5.74) is 1.91. The van der Waals surface area contributed by atoms with E-state index in [0.29, 0.717) is 36.1 Å². The van der Waals surface area contributed by atoms with Crippen LogP contribution in [0, 0.1) is 17.6 Å². The van der Waals surface area contributed by atoms with E-state index in [1.807, 2.05) is 30.9 Å². The molecule has 0 spiro atoms. The van der Waals surface area contributed by atoms with Gasteiger partial charge >= 0.3 is 0 Å². The maximum absolute atomic E-state index is 14.9. The van der Waals surface area contributed by atoms with Gasteiger partial charge in [-0.05, 0) is 63.3 Å². The van der Waals surface area contributed by atoms with Crippen molar-refractivity contribution >= 4 is 23.1 Å². The van der Waals surface area contributed by atoms with E-state index < -0.39 is 11.6 Å². The van der Waals surface area contributed by atoms with Gasteiger partial charge < -0.3 is 25.0 Å². The van der Waals surface area contributed by atoms with E-state index >= 15 is 0 Å². The number of pyridine rings is 1. The van der Waals surface area contributed by atoms with Crippen molar-refractivity contribution in [3.8, 4) is 17.0 Å². The number of rotatable bonds is 7. The van der Waals surface area contributed by atoms with Crippen LogP contribution < -0.4 is 19.9 Å². The summed E-state index contributed by atoms with van der Waals surface area (Å²) in [5, 5.41) is 12.2. The number of halogens is 2. The summed E-state index contributed by atoms with van der Waals surface area (Å²) in [6, 6.07) is 6.90. The summed E-state index contributed by atoms with van der Waals surface area (Å²) in [6.45, 7) is 7.15. The van der Waals surface area contributed by atoms with Crippen LogP contribution in [0.25, 0.3) is 11.3 Å². The highest BCUT2D eigenvalue weighted by molar-refractivity contribution is 5.73. The van der Waals surface area contributed by atoms with Crippen molar-refractivity contribution in [3.05, 3.63) is 48.3 Å². The molecule has 1 fully saturated rings. The van der Waals surface area contributed by atoms with Gasteiger partial charge in [0, 0.05) is 31.3 Å². The van der Waals surface area contributed by atoms with Crippen molar-refractivity contribution in [3.63, 3.8) is 0 Å². The van der Waals surface area contributed by atoms with Crippen LogP contribution in [0.5, 0.6) is 5.75 Å². The molecule has 0 atom stereocenters. The Hall–Kier alpha value is -3.53. The molecule has 0 saturated carbocycles. The third-order valence-corrected chi connectivity index (χ3v) is 7.06. The van der Waals surface area contributed by atoms with Crippen molar-refractivity contribution in [2.75, 3.05) is 48.0 Å². The van der Waals surface area contributed by atoms with Crippen molar-refractivity contribution in [2.45, 2.75) is 39.2 Å². The predicted octanol–water partition coefficient (Wildman–Crippen LogP) is 4.77. The second-order valence-electron chi connectivity index (χ2n) is 9.80. The number of piperidine rings is 1. The molecule has 4 heterocycles. The lowest BCUT2D eigenvalue weighted by Gasteiger charge is -2.34. The topological polar surface area (TPSA) is 86.6 Å². The summed E-state index contributed by atoms with van der Waals surface area (Å²) < 4.78 is 35.3. The fourth-order valence-corrected chi connectivity index (χ4v) is 5.03. The minimum atomic E-state index is -0.648. The zero-order valence-electron chi connectivity index (χ0n) is 21.1. The summed E-state index contributed by atoms with van der Waals surface area (Å²) in [5.74, 6) is 0.237. The molecule has 1 saturated heterocycles. The Kier molecular flexibility index (Phi) is 7.36. The summed E-state index contributed by atoms with van der Waals surface area (Å²) >= 11 is 0. The lowest BCUT2D eigenvalue weighted by Crippen LogP contribution is -2.38. The molecule has 5 rings (SSSR count). The van der Waals surface area contributed by atoms with Gasteiger partial charge in [0.05, 0.1) is 30.3 Å². The molecule has 0 radical (unpaired) electrons. The Morgan fingerprint density at radius 1 is 1.08 bits per heavy atom. The molecule has 0 amide bonds. The van der Waals surface area contributed by atoms with Crippen molar-refractivity contribution in [1.29, 1.82) is 0 Å². The number of aromatic nitrogens is 3. The Labute approximate surface area is 215 Å². The van der Waals surface area contributed by atoms with E-state index in [1.165, 1.54) is 6.07 Å². The average Bonchev–Trinajstić information content (AvgIpc) is 2.90. The van der Waals surface area contributed by atoms with E-state index in [9.17, 15) is 8.78 Å². The molecule has 3 aromatic rings. The minimum Gasteiger partial charge on any atom is -0.486 e. The van der Waals surface area contributed by atoms with Gasteiger partial charge in [0.15, 0.2) is 17.4 Å². The molecule has 37 heavy (non-hydrogen) atoms. The maximum Gasteiger partial charge on any atom is 0.229 e. The lowest BCUT2D eigenvalue weighted by atomic mass is 9.94. The zero-order valence-corrected chi connectivity index (χ0v) is 21.1. The fourth-order valence-electron chi connectivity index (χ4n) is 5.03. The number of hydrogen-bond donors (Lipinski definition) is 2. The monoisotopic (exact) mass is 510 g/mol. The van der Waals surface area contributed by atoms with E-state index in [-0.39, 0.29) is 30.0 Å². The van der Waals surface area contributed by atoms with Crippen molar-refractivity contribution < 1.29 is 18.6 Å². The van der Waals surface area contributed by atoms with Crippen LogP contribution in [0.2, 0.25) is 0 Å². The van der Waals surface area contributed by atoms with E-state index in [0.717, 1.165) is 44.2 Å². The number of nitrogens with one attached hydrogen (secondary N) is 1. The van der Waals surface area contributed by atoms with Gasteiger partial charge in [0.1, 0.15) is 18.1 Å². The van der Waals surface area contributed by atoms with Crippen molar-refractivity contribution in [2.24, 2.45) is 5.92 Å². The average molecular weight is 511 g/mol. The van der Waals surface area contributed by atoms with E-state index in [2.05, 4.69) is 25.2 Å². The van der Waals surface area contributed by atoms with Gasteiger partial charge in [0.2, 0.25) is 5.95 Å². The molecular weight excluding hydrogens is 478 g/mol. The number of aliphatic hydroxyl groups excluding tert-OH is 1. The molecule has 2 N–H and O–H groups in total. The Morgan fingerprint density at radius 2 is 1.89 bits per heavy atom. The molecule has 8 nitrogen and oxygen atoms in total. The van der Waals surface area contributed by atoms with Crippen molar-refractivity contribution in [1.82, 2.24) is 15.0 Å². The van der Waals surface area contributed by atoms with Gasteiger partial charge in [-0.15, -0.1) is 0 Å². The molecule has 2 aromatic heterocycles. The van der Waals surface area contributed by atoms with Crippen LogP contribution in [0.1, 0.15) is 33.1 Å². The second kappa shape index (κ2) is 10.8. The largest absolute Gasteiger partial charge is 0.486 e. The van der Waals surface area contributed by atoms with Gasteiger partial charge in [-0.1, -0.05) is 0 Å². The van der Waals surface area contributed by atoms with E-state index in [4.69, 9.17) is 9.84 Å². The standard InChI is InChI=1S/C27H32F2N6O2/c1-17(2)35-10-12-37-26-21(28)13-19(14-23(26)35)25-22(29)16-31-27(33-25)32-24-4-3-20(15-30-24)34-8-5-18(6-9-34)7-11-36/h3-4,13-18,36H,5-12H2,1-2H3,(H,30,31,32,33). The maximum atomic E-state index is 14.9. The number of aliphatic hydroxyl groups is 1. The van der Waals surface area contributed by atoms with Crippen LogP contribution in [-0.4, -0.2) is 58.9 Å². The number of nitrogens with zero attached hydrogens (tertiary/aromatic N) is 5. The summed E-state index contributed by atoms with van der Waals surface area (Å²) in [7, 11) is 0. The highest BCUT2D eigenvalue weighted by Crippen LogP contribution is 2.39.